The second-order valence-corrected chi connectivity index (χ2v) is 13.5. The van der Waals surface area contributed by atoms with Crippen LogP contribution in [0.3, 0.4) is 0 Å². The van der Waals surface area contributed by atoms with Crippen molar-refractivity contribution in [2.75, 3.05) is 5.73 Å². The molecule has 10 aromatic rings. The van der Waals surface area contributed by atoms with E-state index in [4.69, 9.17) is 10.5 Å². The Bertz CT molecular complexity index is 2850. The van der Waals surface area contributed by atoms with E-state index in [1.165, 1.54) is 21.5 Å². The second-order valence-electron chi connectivity index (χ2n) is 13.5. The summed E-state index contributed by atoms with van der Waals surface area (Å²) in [6, 6.07) is 66.3. The zero-order chi connectivity index (χ0) is 35.3. The fraction of sp³-hybridized carbons (Fsp3) is 0.0204. The van der Waals surface area contributed by atoms with E-state index in [0.29, 0.717) is 18.0 Å². The fourth-order valence-corrected chi connectivity index (χ4v) is 7.98. The Morgan fingerprint density at radius 1 is 0.415 bits per heavy atom. The van der Waals surface area contributed by atoms with Crippen LogP contribution in [-0.4, -0.2) is 9.13 Å². The number of hydrogen-bond acceptors (Lipinski definition) is 2. The van der Waals surface area contributed by atoms with E-state index < -0.39 is 0 Å². The zero-order valence-corrected chi connectivity index (χ0v) is 29.0. The molecule has 2 aromatic heterocycles. The molecule has 0 saturated carbocycles. The first kappa shape index (κ1) is 30.8. The molecule has 10 rings (SSSR count). The first-order chi connectivity index (χ1) is 26.2. The highest BCUT2D eigenvalue weighted by Crippen LogP contribution is 2.40. The van der Waals surface area contributed by atoms with E-state index >= 15 is 0 Å². The molecule has 0 radical (unpaired) electrons. The molecule has 8 aromatic carbocycles. The van der Waals surface area contributed by atoms with Crippen LogP contribution >= 0.6 is 0 Å². The topological polar surface area (TPSA) is 45.1 Å². The molecule has 53 heavy (non-hydrogen) atoms. The summed E-state index contributed by atoms with van der Waals surface area (Å²) in [6.07, 6.45) is 0. The molecule has 0 saturated heterocycles. The van der Waals surface area contributed by atoms with Gasteiger partial charge in [0, 0.05) is 38.4 Å². The Balaban J connectivity index is 1.18. The SMILES string of the molecule is Nc1c(OCc2cc(-n3c4ccccc4c4ccccc43)ccc2-n2c3ccccc3c3ccccc32)cc(-c2ccccc2)cc1-c1ccccc1. The van der Waals surface area contributed by atoms with Crippen LogP contribution in [0, 0.1) is 0 Å². The molecular formula is C49H35N3O. The minimum atomic E-state index is 0.303. The molecule has 2 heterocycles. The summed E-state index contributed by atoms with van der Waals surface area (Å²) >= 11 is 0. The summed E-state index contributed by atoms with van der Waals surface area (Å²) in [6.45, 7) is 0.303. The molecule has 0 fully saturated rings. The number of aromatic nitrogens is 2. The van der Waals surface area contributed by atoms with Crippen LogP contribution in [0.2, 0.25) is 0 Å². The van der Waals surface area contributed by atoms with Gasteiger partial charge in [-0.3, -0.25) is 0 Å². The van der Waals surface area contributed by atoms with Gasteiger partial charge in [-0.15, -0.1) is 0 Å². The van der Waals surface area contributed by atoms with Crippen LogP contribution in [0.4, 0.5) is 5.69 Å². The normalized spacial score (nSPS) is 11.5. The maximum Gasteiger partial charge on any atom is 0.143 e. The molecule has 0 aliphatic carbocycles. The van der Waals surface area contributed by atoms with Crippen LogP contribution in [0.5, 0.6) is 5.75 Å². The lowest BCUT2D eigenvalue weighted by Gasteiger charge is -2.19. The van der Waals surface area contributed by atoms with E-state index in [0.717, 1.165) is 61.3 Å². The largest absolute Gasteiger partial charge is 0.487 e. The van der Waals surface area contributed by atoms with Gasteiger partial charge >= 0.3 is 0 Å². The van der Waals surface area contributed by atoms with Crippen molar-refractivity contribution in [1.29, 1.82) is 0 Å². The average molecular weight is 682 g/mol. The quantitative estimate of drug-likeness (QED) is 0.170. The van der Waals surface area contributed by atoms with E-state index in [9.17, 15) is 0 Å². The van der Waals surface area contributed by atoms with E-state index in [1.807, 2.05) is 24.3 Å². The number of nitrogens with zero attached hydrogens (tertiary/aromatic N) is 2. The van der Waals surface area contributed by atoms with Gasteiger partial charge in [-0.2, -0.15) is 0 Å². The van der Waals surface area contributed by atoms with Gasteiger partial charge in [-0.1, -0.05) is 133 Å². The van der Waals surface area contributed by atoms with Gasteiger partial charge in [0.2, 0.25) is 0 Å². The van der Waals surface area contributed by atoms with Crippen molar-refractivity contribution in [3.05, 3.63) is 194 Å². The lowest BCUT2D eigenvalue weighted by molar-refractivity contribution is 0.308. The van der Waals surface area contributed by atoms with Crippen LogP contribution < -0.4 is 10.5 Å². The predicted molar refractivity (Wildman–Crippen MR) is 221 cm³/mol. The van der Waals surface area contributed by atoms with E-state index in [2.05, 4.69) is 173 Å². The van der Waals surface area contributed by atoms with Crippen LogP contribution in [0.1, 0.15) is 5.56 Å². The van der Waals surface area contributed by atoms with Gasteiger partial charge in [0.1, 0.15) is 12.4 Å². The zero-order valence-electron chi connectivity index (χ0n) is 29.0. The Morgan fingerprint density at radius 2 is 0.887 bits per heavy atom. The summed E-state index contributed by atoms with van der Waals surface area (Å²) in [4.78, 5) is 0. The number of rotatable bonds is 7. The second kappa shape index (κ2) is 12.6. The molecular weight excluding hydrogens is 647 g/mol. The number of benzene rings is 8. The third-order valence-electron chi connectivity index (χ3n) is 10.4. The lowest BCUT2D eigenvalue weighted by Crippen LogP contribution is -2.07. The number of hydrogen-bond donors (Lipinski definition) is 1. The minimum Gasteiger partial charge on any atom is -0.487 e. The Hall–Kier alpha value is -7.04. The third-order valence-corrected chi connectivity index (χ3v) is 10.4. The summed E-state index contributed by atoms with van der Waals surface area (Å²) in [7, 11) is 0. The third kappa shape index (κ3) is 5.15. The smallest absolute Gasteiger partial charge is 0.143 e. The van der Waals surface area contributed by atoms with Crippen molar-refractivity contribution in [2.45, 2.75) is 6.61 Å². The number of fused-ring (bicyclic) bond motifs is 6. The number of ether oxygens (including phenoxy) is 1. The molecule has 0 unspecified atom stereocenters. The molecule has 2 N–H and O–H groups in total. The predicted octanol–water partition coefficient (Wildman–Crippen LogP) is 12.4. The van der Waals surface area contributed by atoms with Crippen molar-refractivity contribution in [1.82, 2.24) is 9.13 Å². The summed E-state index contributed by atoms with van der Waals surface area (Å²) in [5.74, 6) is 0.653. The Kier molecular flexibility index (Phi) is 7.33. The monoisotopic (exact) mass is 681 g/mol. The minimum absolute atomic E-state index is 0.303. The van der Waals surface area contributed by atoms with Gasteiger partial charge in [0.25, 0.3) is 0 Å². The molecule has 252 valence electrons. The Morgan fingerprint density at radius 3 is 1.43 bits per heavy atom. The summed E-state index contributed by atoms with van der Waals surface area (Å²) < 4.78 is 11.6. The molecule has 0 aliphatic heterocycles. The number of anilines is 1. The van der Waals surface area contributed by atoms with E-state index in [1.54, 1.807) is 0 Å². The standard InChI is InChI=1S/C49H35N3O/c50-49-42(34-17-5-2-6-18-34)30-35(33-15-3-1-4-16-33)31-48(49)53-32-36-29-37(51-44-23-11-7-19-38(44)39-20-8-12-24-45(39)51)27-28-43(36)52-46-25-13-9-21-40(46)41-22-10-14-26-47(41)52/h1-31H,32,50H2. The maximum atomic E-state index is 7.01. The molecule has 4 nitrogen and oxygen atoms in total. The van der Waals surface area contributed by atoms with E-state index in [-0.39, 0.29) is 0 Å². The Labute approximate surface area is 307 Å². The van der Waals surface area contributed by atoms with Gasteiger partial charge < -0.3 is 19.6 Å². The highest BCUT2D eigenvalue weighted by molar-refractivity contribution is 6.10. The van der Waals surface area contributed by atoms with Gasteiger partial charge in [-0.25, -0.2) is 0 Å². The van der Waals surface area contributed by atoms with Crippen LogP contribution in [0.25, 0.3) is 77.2 Å². The van der Waals surface area contributed by atoms with Crippen LogP contribution in [-0.2, 0) is 6.61 Å². The van der Waals surface area contributed by atoms with Gasteiger partial charge in [0.15, 0.2) is 0 Å². The van der Waals surface area contributed by atoms with Crippen molar-refractivity contribution < 1.29 is 4.74 Å². The van der Waals surface area contributed by atoms with Crippen LogP contribution in [0.15, 0.2) is 188 Å². The summed E-state index contributed by atoms with van der Waals surface area (Å²) in [5.41, 5.74) is 19.6. The first-order valence-corrected chi connectivity index (χ1v) is 18.0. The molecule has 0 aliphatic rings. The van der Waals surface area contributed by atoms with Gasteiger partial charge in [-0.05, 0) is 71.3 Å². The molecule has 0 amide bonds. The van der Waals surface area contributed by atoms with Crippen molar-refractivity contribution in [3.63, 3.8) is 0 Å². The van der Waals surface area contributed by atoms with Crippen molar-refractivity contribution in [3.8, 4) is 39.4 Å². The number of para-hydroxylation sites is 4. The molecule has 4 heteroatoms. The summed E-state index contributed by atoms with van der Waals surface area (Å²) in [5, 5.41) is 4.89. The first-order valence-electron chi connectivity index (χ1n) is 18.0. The number of nitrogen functional groups attached to an aromatic ring is 1. The molecule has 0 bridgehead atoms. The average Bonchev–Trinajstić information content (AvgIpc) is 3.74. The number of nitrogens with two attached hydrogens (primary N) is 1. The van der Waals surface area contributed by atoms with Crippen molar-refractivity contribution in [2.24, 2.45) is 0 Å². The maximum absolute atomic E-state index is 7.01. The van der Waals surface area contributed by atoms with Gasteiger partial charge in [0.05, 0.1) is 33.4 Å². The highest BCUT2D eigenvalue weighted by Gasteiger charge is 2.19. The fourth-order valence-electron chi connectivity index (χ4n) is 7.98. The van der Waals surface area contributed by atoms with Crippen molar-refractivity contribution >= 4 is 49.3 Å². The molecule has 0 atom stereocenters. The highest BCUT2D eigenvalue weighted by atomic mass is 16.5. The lowest BCUT2D eigenvalue weighted by atomic mass is 9.97. The molecule has 0 spiro atoms.